The predicted octanol–water partition coefficient (Wildman–Crippen LogP) is -0.0148. The van der Waals surface area contributed by atoms with E-state index in [0.717, 1.165) is 24.4 Å². The quantitative estimate of drug-likeness (QED) is 0.535. The molecule has 0 bridgehead atoms. The van der Waals surface area contributed by atoms with Crippen LogP contribution in [0.4, 0.5) is 0 Å². The summed E-state index contributed by atoms with van der Waals surface area (Å²) in [6.07, 6.45) is 5.38. The molecule has 7 heteroatoms. The summed E-state index contributed by atoms with van der Waals surface area (Å²) >= 11 is 5.80. The Bertz CT molecular complexity index is 830. The van der Waals surface area contributed by atoms with E-state index in [4.69, 9.17) is 21.1 Å². The summed E-state index contributed by atoms with van der Waals surface area (Å²) in [4.78, 5) is 8.18. The van der Waals surface area contributed by atoms with Crippen molar-refractivity contribution in [2.75, 3.05) is 7.11 Å². The van der Waals surface area contributed by atoms with Crippen LogP contribution in [-0.2, 0) is 19.7 Å². The fraction of sp³-hybridized carbons (Fsp3) is 0.200. The average Bonchev–Trinajstić information content (AvgIpc) is 2.69. The van der Waals surface area contributed by atoms with Gasteiger partial charge >= 0.3 is 0 Å². The molecule has 27 heavy (non-hydrogen) atoms. The normalized spacial score (nSPS) is 10.1. The molecule has 0 radical (unpaired) electrons. The summed E-state index contributed by atoms with van der Waals surface area (Å²) in [6, 6.07) is 13.7. The lowest BCUT2D eigenvalue weighted by atomic mass is 10.2. The van der Waals surface area contributed by atoms with E-state index in [9.17, 15) is 0 Å². The molecule has 1 aromatic carbocycles. The number of ether oxygens (including phenoxy) is 2. The third-order valence-electron chi connectivity index (χ3n) is 3.89. The smallest absolute Gasteiger partial charge is 0.161 e. The molecule has 0 spiro atoms. The first-order valence-electron chi connectivity index (χ1n) is 8.35. The highest BCUT2D eigenvalue weighted by Gasteiger charge is 2.08. The number of aromatic nitrogens is 2. The van der Waals surface area contributed by atoms with Crippen LogP contribution in [0.1, 0.15) is 16.7 Å². The summed E-state index contributed by atoms with van der Waals surface area (Å²) in [5.74, 6) is 1.43. The van der Waals surface area contributed by atoms with Gasteiger partial charge in [0.25, 0.3) is 0 Å². The van der Waals surface area contributed by atoms with Gasteiger partial charge in [-0.3, -0.25) is 4.98 Å². The second-order valence-electron chi connectivity index (χ2n) is 5.82. The van der Waals surface area contributed by atoms with Crippen molar-refractivity contribution in [1.82, 2.24) is 9.97 Å². The third kappa shape index (κ3) is 6.40. The van der Waals surface area contributed by atoms with Crippen LogP contribution in [0, 0.1) is 0 Å². The lowest BCUT2D eigenvalue weighted by Gasteiger charge is -2.12. The summed E-state index contributed by atoms with van der Waals surface area (Å²) in [5.41, 5.74) is 3.33. The molecule has 0 unspecified atom stereocenters. The highest BCUT2D eigenvalue weighted by molar-refractivity contribution is 6.29. The lowest BCUT2D eigenvalue weighted by Crippen LogP contribution is -3.00. The van der Waals surface area contributed by atoms with Gasteiger partial charge in [-0.1, -0.05) is 23.7 Å². The first-order valence-corrected chi connectivity index (χ1v) is 8.73. The number of pyridine rings is 2. The number of benzene rings is 1. The van der Waals surface area contributed by atoms with Crippen molar-refractivity contribution in [2.45, 2.75) is 19.7 Å². The Morgan fingerprint density at radius 1 is 0.963 bits per heavy atom. The molecule has 3 aromatic rings. The SMILES string of the molecule is COc1cc(C[NH2+]Cc2cccnc2)ccc1OCc1ccc(Cl)nc1.[Cl-]. The number of rotatable bonds is 8. The zero-order valence-electron chi connectivity index (χ0n) is 14.9. The monoisotopic (exact) mass is 405 g/mol. The summed E-state index contributed by atoms with van der Waals surface area (Å²) < 4.78 is 11.3. The summed E-state index contributed by atoms with van der Waals surface area (Å²) in [6.45, 7) is 2.15. The van der Waals surface area contributed by atoms with Crippen molar-refractivity contribution < 1.29 is 27.2 Å². The molecule has 0 amide bonds. The molecule has 142 valence electrons. The Hall–Kier alpha value is -2.34. The van der Waals surface area contributed by atoms with Gasteiger partial charge < -0.3 is 27.2 Å². The van der Waals surface area contributed by atoms with Gasteiger partial charge in [-0.25, -0.2) is 4.98 Å². The van der Waals surface area contributed by atoms with E-state index in [0.29, 0.717) is 17.5 Å². The molecular weight excluding hydrogens is 385 g/mol. The van der Waals surface area contributed by atoms with E-state index in [1.807, 2.05) is 30.5 Å². The number of quaternary nitrogens is 1. The average molecular weight is 406 g/mol. The minimum absolute atomic E-state index is 0. The van der Waals surface area contributed by atoms with Crippen LogP contribution >= 0.6 is 11.6 Å². The van der Waals surface area contributed by atoms with Crippen molar-refractivity contribution in [3.05, 3.63) is 82.9 Å². The molecule has 3 rings (SSSR count). The minimum Gasteiger partial charge on any atom is -1.00 e. The Kier molecular flexibility index (Phi) is 8.33. The number of nitrogens with two attached hydrogens (primary N) is 1. The number of hydrogen-bond acceptors (Lipinski definition) is 4. The topological polar surface area (TPSA) is 60.9 Å². The van der Waals surface area contributed by atoms with E-state index < -0.39 is 0 Å². The fourth-order valence-corrected chi connectivity index (χ4v) is 2.65. The van der Waals surface area contributed by atoms with Crippen LogP contribution < -0.4 is 27.2 Å². The number of halogens is 2. The molecule has 2 N–H and O–H groups in total. The van der Waals surface area contributed by atoms with Crippen molar-refractivity contribution in [3.8, 4) is 11.5 Å². The van der Waals surface area contributed by atoms with E-state index in [-0.39, 0.29) is 12.4 Å². The maximum atomic E-state index is 5.86. The third-order valence-corrected chi connectivity index (χ3v) is 4.12. The molecule has 0 aliphatic rings. The van der Waals surface area contributed by atoms with Crippen molar-refractivity contribution in [3.63, 3.8) is 0 Å². The van der Waals surface area contributed by atoms with E-state index in [2.05, 4.69) is 27.4 Å². The van der Waals surface area contributed by atoms with Gasteiger partial charge in [-0.15, -0.1) is 0 Å². The molecular formula is C20H21Cl2N3O2. The van der Waals surface area contributed by atoms with Crippen LogP contribution in [0.15, 0.2) is 61.1 Å². The van der Waals surface area contributed by atoms with Gasteiger partial charge in [0.05, 0.1) is 7.11 Å². The molecule has 0 atom stereocenters. The maximum absolute atomic E-state index is 5.86. The standard InChI is InChI=1S/C20H20ClN3O2.ClH/c1-25-19-9-15(10-23-12-16-3-2-8-22-11-16)4-6-18(19)26-14-17-5-7-20(21)24-13-17;/h2-9,11,13,23H,10,12,14H2,1H3;1H. The zero-order chi connectivity index (χ0) is 18.2. The van der Waals surface area contributed by atoms with Crippen molar-refractivity contribution >= 4 is 11.6 Å². The Morgan fingerprint density at radius 3 is 2.48 bits per heavy atom. The first kappa shape index (κ1) is 21.0. The molecule has 0 aliphatic heterocycles. The molecule has 0 saturated heterocycles. The highest BCUT2D eigenvalue weighted by Crippen LogP contribution is 2.28. The Morgan fingerprint density at radius 2 is 1.78 bits per heavy atom. The minimum atomic E-state index is 0. The number of nitrogens with zero attached hydrogens (tertiary/aromatic N) is 2. The first-order chi connectivity index (χ1) is 12.7. The molecule has 2 heterocycles. The van der Waals surface area contributed by atoms with Gasteiger partial charge in [0.1, 0.15) is 24.8 Å². The maximum Gasteiger partial charge on any atom is 0.161 e. The zero-order valence-corrected chi connectivity index (χ0v) is 16.5. The highest BCUT2D eigenvalue weighted by atomic mass is 35.5. The number of hydrogen-bond donors (Lipinski definition) is 1. The molecule has 0 fully saturated rings. The van der Waals surface area contributed by atoms with Gasteiger partial charge in [0.15, 0.2) is 11.5 Å². The van der Waals surface area contributed by atoms with Crippen LogP contribution in [0.3, 0.4) is 0 Å². The fourth-order valence-electron chi connectivity index (χ4n) is 2.54. The van der Waals surface area contributed by atoms with Crippen LogP contribution in [0.25, 0.3) is 0 Å². The van der Waals surface area contributed by atoms with E-state index in [1.165, 1.54) is 11.1 Å². The van der Waals surface area contributed by atoms with Gasteiger partial charge in [-0.2, -0.15) is 0 Å². The molecule has 0 aliphatic carbocycles. The van der Waals surface area contributed by atoms with Crippen LogP contribution in [-0.4, -0.2) is 17.1 Å². The van der Waals surface area contributed by atoms with Gasteiger partial charge in [-0.05, 0) is 30.3 Å². The second kappa shape index (κ2) is 10.7. The predicted molar refractivity (Wildman–Crippen MR) is 100 cm³/mol. The van der Waals surface area contributed by atoms with Crippen molar-refractivity contribution in [1.29, 1.82) is 0 Å². The Balaban J connectivity index is 0.00000261. The molecule has 0 saturated carbocycles. The van der Waals surface area contributed by atoms with Gasteiger partial charge in [0.2, 0.25) is 0 Å². The lowest BCUT2D eigenvalue weighted by molar-refractivity contribution is -0.686. The van der Waals surface area contributed by atoms with E-state index >= 15 is 0 Å². The molecule has 2 aromatic heterocycles. The van der Waals surface area contributed by atoms with Crippen LogP contribution in [0.5, 0.6) is 11.5 Å². The summed E-state index contributed by atoms with van der Waals surface area (Å²) in [7, 11) is 1.65. The summed E-state index contributed by atoms with van der Waals surface area (Å²) in [5, 5.41) is 2.70. The second-order valence-corrected chi connectivity index (χ2v) is 6.21. The van der Waals surface area contributed by atoms with E-state index in [1.54, 1.807) is 25.6 Å². The van der Waals surface area contributed by atoms with Crippen molar-refractivity contribution in [2.24, 2.45) is 0 Å². The van der Waals surface area contributed by atoms with Gasteiger partial charge in [0, 0.05) is 35.3 Å². The number of methoxy groups -OCH3 is 1. The van der Waals surface area contributed by atoms with Crippen LogP contribution in [0.2, 0.25) is 5.15 Å². The Labute approximate surface area is 170 Å². The largest absolute Gasteiger partial charge is 1.00 e. The molecule has 5 nitrogen and oxygen atoms in total.